The second-order valence-corrected chi connectivity index (χ2v) is 4.17. The summed E-state index contributed by atoms with van der Waals surface area (Å²) in [6.45, 7) is 3.45. The van der Waals surface area contributed by atoms with Crippen LogP contribution in [0.3, 0.4) is 0 Å². The van der Waals surface area contributed by atoms with E-state index in [-0.39, 0.29) is 18.0 Å². The molecule has 8 heteroatoms. The normalized spacial score (nSPS) is 12.2. The van der Waals surface area contributed by atoms with Gasteiger partial charge in [0.05, 0.1) is 17.6 Å². The van der Waals surface area contributed by atoms with Gasteiger partial charge in [-0.3, -0.25) is 20.0 Å². The van der Waals surface area contributed by atoms with Crippen molar-refractivity contribution in [3.8, 4) is 0 Å². The highest BCUT2D eigenvalue weighted by Gasteiger charge is 2.29. The molecule has 0 bridgehead atoms. The smallest absolute Gasteiger partial charge is 0.322 e. The number of aliphatic hydroxyl groups excluding tert-OH is 1. The van der Waals surface area contributed by atoms with E-state index in [2.05, 4.69) is 15.5 Å². The molecule has 1 unspecified atom stereocenters. The number of H-pyrrole nitrogens is 1. The number of rotatable bonds is 7. The lowest BCUT2D eigenvalue weighted by Gasteiger charge is -2.12. The van der Waals surface area contributed by atoms with E-state index in [1.54, 1.807) is 6.92 Å². The van der Waals surface area contributed by atoms with Gasteiger partial charge in [-0.1, -0.05) is 20.3 Å². The maximum atomic E-state index is 11.9. The Balaban J connectivity index is 2.99. The van der Waals surface area contributed by atoms with Gasteiger partial charge in [0.1, 0.15) is 5.69 Å². The van der Waals surface area contributed by atoms with Gasteiger partial charge in [-0.2, -0.15) is 5.10 Å². The first-order valence-corrected chi connectivity index (χ1v) is 6.18. The van der Waals surface area contributed by atoms with Gasteiger partial charge in [0.25, 0.3) is 5.91 Å². The summed E-state index contributed by atoms with van der Waals surface area (Å²) in [5.41, 5.74) is -0.179. The number of amides is 1. The third kappa shape index (κ3) is 3.50. The molecule has 19 heavy (non-hydrogen) atoms. The van der Waals surface area contributed by atoms with Crippen molar-refractivity contribution in [2.45, 2.75) is 39.2 Å². The molecule has 106 valence electrons. The predicted octanol–water partition coefficient (Wildman–Crippen LogP) is 0.771. The highest BCUT2D eigenvalue weighted by molar-refractivity contribution is 5.96. The van der Waals surface area contributed by atoms with Crippen LogP contribution in [0.1, 0.15) is 42.9 Å². The molecule has 0 aromatic carbocycles. The first-order chi connectivity index (χ1) is 9.04. The Kier molecular flexibility index (Phi) is 5.43. The Morgan fingerprint density at radius 2 is 2.26 bits per heavy atom. The lowest BCUT2D eigenvalue weighted by atomic mass is 10.2. The molecule has 0 saturated carbocycles. The molecule has 0 aliphatic carbocycles. The standard InChI is InChI=1S/C11H18N4O4/c1-3-5-8-10(15(18)19)9(14-13-8)11(17)12-7(4-2)6-16/h7,16H,3-6H2,1-2H3,(H,12,17)(H,13,14). The van der Waals surface area contributed by atoms with E-state index in [0.717, 1.165) is 0 Å². The molecule has 1 aromatic rings. The molecule has 1 rings (SSSR count). The van der Waals surface area contributed by atoms with Crippen molar-refractivity contribution in [3.63, 3.8) is 0 Å². The molecule has 1 amide bonds. The summed E-state index contributed by atoms with van der Waals surface area (Å²) >= 11 is 0. The van der Waals surface area contributed by atoms with Gasteiger partial charge in [0, 0.05) is 0 Å². The summed E-state index contributed by atoms with van der Waals surface area (Å²) in [5, 5.41) is 28.8. The molecule has 0 aliphatic heterocycles. The quantitative estimate of drug-likeness (QED) is 0.499. The Bertz CT molecular complexity index is 454. The van der Waals surface area contributed by atoms with Crippen LogP contribution < -0.4 is 5.32 Å². The number of nitrogens with zero attached hydrogens (tertiary/aromatic N) is 2. The van der Waals surface area contributed by atoms with Crippen LogP contribution in [0.4, 0.5) is 5.69 Å². The van der Waals surface area contributed by atoms with E-state index in [1.807, 2.05) is 6.92 Å². The zero-order chi connectivity index (χ0) is 14.4. The predicted molar refractivity (Wildman–Crippen MR) is 67.9 cm³/mol. The number of hydrogen-bond acceptors (Lipinski definition) is 5. The van der Waals surface area contributed by atoms with Gasteiger partial charge < -0.3 is 10.4 Å². The first-order valence-electron chi connectivity index (χ1n) is 6.18. The second kappa shape index (κ2) is 6.83. The monoisotopic (exact) mass is 270 g/mol. The number of hydrogen-bond donors (Lipinski definition) is 3. The average molecular weight is 270 g/mol. The van der Waals surface area contributed by atoms with E-state index < -0.39 is 16.9 Å². The zero-order valence-corrected chi connectivity index (χ0v) is 11.0. The molecule has 0 spiro atoms. The van der Waals surface area contributed by atoms with Crippen molar-refractivity contribution in [3.05, 3.63) is 21.5 Å². The number of nitrogens with one attached hydrogen (secondary N) is 2. The molecule has 0 radical (unpaired) electrons. The van der Waals surface area contributed by atoms with Crippen LogP contribution >= 0.6 is 0 Å². The molecule has 3 N–H and O–H groups in total. The van der Waals surface area contributed by atoms with Gasteiger partial charge in [-0.15, -0.1) is 0 Å². The van der Waals surface area contributed by atoms with Crippen LogP contribution in [0.5, 0.6) is 0 Å². The Morgan fingerprint density at radius 1 is 1.58 bits per heavy atom. The molecule has 1 heterocycles. The fraction of sp³-hybridized carbons (Fsp3) is 0.636. The van der Waals surface area contributed by atoms with Crippen LogP contribution in [0, 0.1) is 10.1 Å². The molecule has 0 saturated heterocycles. The molecule has 1 aromatic heterocycles. The highest BCUT2D eigenvalue weighted by Crippen LogP contribution is 2.22. The topological polar surface area (TPSA) is 121 Å². The summed E-state index contributed by atoms with van der Waals surface area (Å²) in [6.07, 6.45) is 1.69. The number of carbonyl (C=O) groups is 1. The number of nitro groups is 1. The maximum Gasteiger partial charge on any atom is 0.322 e. The van der Waals surface area contributed by atoms with Gasteiger partial charge >= 0.3 is 5.69 Å². The van der Waals surface area contributed by atoms with Crippen LogP contribution in [-0.4, -0.2) is 38.8 Å². The molecular weight excluding hydrogens is 252 g/mol. The van der Waals surface area contributed by atoms with E-state index in [0.29, 0.717) is 25.0 Å². The minimum Gasteiger partial charge on any atom is -0.394 e. The Morgan fingerprint density at radius 3 is 2.74 bits per heavy atom. The fourth-order valence-electron chi connectivity index (χ4n) is 1.68. The van der Waals surface area contributed by atoms with Crippen LogP contribution in [0.2, 0.25) is 0 Å². The van der Waals surface area contributed by atoms with Crippen LogP contribution in [0.15, 0.2) is 0 Å². The van der Waals surface area contributed by atoms with E-state index in [9.17, 15) is 14.9 Å². The van der Waals surface area contributed by atoms with Crippen molar-refractivity contribution >= 4 is 11.6 Å². The largest absolute Gasteiger partial charge is 0.394 e. The highest BCUT2D eigenvalue weighted by atomic mass is 16.6. The molecular formula is C11H18N4O4. The fourth-order valence-corrected chi connectivity index (χ4v) is 1.68. The van der Waals surface area contributed by atoms with E-state index >= 15 is 0 Å². The zero-order valence-electron chi connectivity index (χ0n) is 11.0. The molecule has 0 aliphatic rings. The lowest BCUT2D eigenvalue weighted by molar-refractivity contribution is -0.385. The Hall–Kier alpha value is -1.96. The van der Waals surface area contributed by atoms with Gasteiger partial charge in [0.2, 0.25) is 5.69 Å². The summed E-state index contributed by atoms with van der Waals surface area (Å²) in [5.74, 6) is -0.647. The van der Waals surface area contributed by atoms with E-state index in [4.69, 9.17) is 5.11 Å². The number of aromatic nitrogens is 2. The van der Waals surface area contributed by atoms with Gasteiger partial charge in [-0.05, 0) is 12.8 Å². The van der Waals surface area contributed by atoms with Gasteiger partial charge in [0.15, 0.2) is 0 Å². The molecule has 1 atom stereocenters. The van der Waals surface area contributed by atoms with Crippen LogP contribution in [0.25, 0.3) is 0 Å². The van der Waals surface area contributed by atoms with Gasteiger partial charge in [-0.25, -0.2) is 0 Å². The lowest BCUT2D eigenvalue weighted by Crippen LogP contribution is -2.37. The third-order valence-corrected chi connectivity index (χ3v) is 2.76. The number of aryl methyl sites for hydroxylation is 1. The minimum absolute atomic E-state index is 0.220. The number of carbonyl (C=O) groups excluding carboxylic acids is 1. The third-order valence-electron chi connectivity index (χ3n) is 2.76. The second-order valence-electron chi connectivity index (χ2n) is 4.17. The first kappa shape index (κ1) is 15.1. The number of aliphatic hydroxyl groups is 1. The van der Waals surface area contributed by atoms with Crippen molar-refractivity contribution in [1.29, 1.82) is 0 Å². The Labute approximate surface area is 110 Å². The summed E-state index contributed by atoms with van der Waals surface area (Å²) < 4.78 is 0. The summed E-state index contributed by atoms with van der Waals surface area (Å²) in [7, 11) is 0. The minimum atomic E-state index is -0.647. The maximum absolute atomic E-state index is 11.9. The van der Waals surface area contributed by atoms with Crippen molar-refractivity contribution in [1.82, 2.24) is 15.5 Å². The van der Waals surface area contributed by atoms with Crippen molar-refractivity contribution in [2.75, 3.05) is 6.61 Å². The summed E-state index contributed by atoms with van der Waals surface area (Å²) in [6, 6.07) is -0.432. The van der Waals surface area contributed by atoms with Crippen LogP contribution in [-0.2, 0) is 6.42 Å². The molecule has 8 nitrogen and oxygen atoms in total. The molecule has 0 fully saturated rings. The van der Waals surface area contributed by atoms with E-state index in [1.165, 1.54) is 0 Å². The summed E-state index contributed by atoms with van der Waals surface area (Å²) in [4.78, 5) is 22.3. The SMILES string of the molecule is CCCc1[nH]nc(C(=O)NC(CC)CO)c1[N+](=O)[O-]. The van der Waals surface area contributed by atoms with Crippen molar-refractivity contribution < 1.29 is 14.8 Å². The average Bonchev–Trinajstić information content (AvgIpc) is 2.80. The number of aromatic amines is 1. The van der Waals surface area contributed by atoms with Crippen molar-refractivity contribution in [2.24, 2.45) is 0 Å².